The number of pyridine rings is 1. The minimum absolute atomic E-state index is 0.0435. The quantitative estimate of drug-likeness (QED) is 0.595. The molecule has 32 heavy (non-hydrogen) atoms. The van der Waals surface area contributed by atoms with Crippen LogP contribution in [0.5, 0.6) is 0 Å². The number of aliphatic hydroxyl groups is 1. The van der Waals surface area contributed by atoms with Gasteiger partial charge in [0.1, 0.15) is 17.7 Å². The van der Waals surface area contributed by atoms with Crippen LogP contribution in [0, 0.1) is 5.82 Å². The first kappa shape index (κ1) is 22.1. The van der Waals surface area contributed by atoms with Crippen molar-refractivity contribution in [1.29, 1.82) is 0 Å². The number of rotatable bonds is 5. The molecule has 0 spiro atoms. The Morgan fingerprint density at radius 1 is 1.12 bits per heavy atom. The summed E-state index contributed by atoms with van der Waals surface area (Å²) in [7, 11) is 0. The Morgan fingerprint density at radius 2 is 1.81 bits per heavy atom. The second-order valence-corrected chi connectivity index (χ2v) is 9.27. The molecular formula is C25H28FN3O3. The van der Waals surface area contributed by atoms with E-state index in [2.05, 4.69) is 30.3 Å². The van der Waals surface area contributed by atoms with Gasteiger partial charge in [-0.25, -0.2) is 9.37 Å². The zero-order chi connectivity index (χ0) is 22.9. The minimum atomic E-state index is -0.671. The molecule has 1 N–H and O–H groups in total. The van der Waals surface area contributed by atoms with Gasteiger partial charge in [0.15, 0.2) is 0 Å². The Bertz CT molecular complexity index is 1090. The number of aliphatic hydroxyl groups excluding tert-OH is 1. The number of hydrogen-bond donors (Lipinski definition) is 1. The SMILES string of the molecule is CC(C)(C)c1nc(-c2ccncc2)c(-c2ccc(F)cc2)n1CCC1CC(O)CC(=O)O1. The highest BCUT2D eigenvalue weighted by molar-refractivity contribution is 5.79. The highest BCUT2D eigenvalue weighted by Crippen LogP contribution is 2.37. The van der Waals surface area contributed by atoms with Gasteiger partial charge in [0.05, 0.1) is 23.9 Å². The summed E-state index contributed by atoms with van der Waals surface area (Å²) in [5, 5.41) is 9.98. The summed E-state index contributed by atoms with van der Waals surface area (Å²) in [4.78, 5) is 20.9. The summed E-state index contributed by atoms with van der Waals surface area (Å²) in [6.45, 7) is 6.84. The van der Waals surface area contributed by atoms with Crippen molar-refractivity contribution in [3.8, 4) is 22.5 Å². The van der Waals surface area contributed by atoms with E-state index in [9.17, 15) is 14.3 Å². The molecule has 0 radical (unpaired) electrons. The Morgan fingerprint density at radius 3 is 2.44 bits per heavy atom. The van der Waals surface area contributed by atoms with Gasteiger partial charge in [-0.05, 0) is 36.4 Å². The average Bonchev–Trinajstić information content (AvgIpc) is 3.13. The topological polar surface area (TPSA) is 77.2 Å². The van der Waals surface area contributed by atoms with Crippen molar-refractivity contribution in [1.82, 2.24) is 14.5 Å². The van der Waals surface area contributed by atoms with Crippen molar-refractivity contribution >= 4 is 5.97 Å². The van der Waals surface area contributed by atoms with E-state index in [-0.39, 0.29) is 29.7 Å². The van der Waals surface area contributed by atoms with Gasteiger partial charge >= 0.3 is 5.97 Å². The Hall–Kier alpha value is -3.06. The van der Waals surface area contributed by atoms with Crippen molar-refractivity contribution in [3.05, 3.63) is 60.4 Å². The number of carbonyl (C=O) groups is 1. The second-order valence-electron chi connectivity index (χ2n) is 9.27. The summed E-state index contributed by atoms with van der Waals surface area (Å²) in [5.41, 5.74) is 3.18. The number of imidazole rings is 1. The Labute approximate surface area is 187 Å². The van der Waals surface area contributed by atoms with Crippen LogP contribution in [0.25, 0.3) is 22.5 Å². The van der Waals surface area contributed by atoms with Crippen molar-refractivity contribution in [3.63, 3.8) is 0 Å². The van der Waals surface area contributed by atoms with E-state index in [1.165, 1.54) is 12.1 Å². The zero-order valence-corrected chi connectivity index (χ0v) is 18.6. The number of aromatic nitrogens is 3. The summed E-state index contributed by atoms with van der Waals surface area (Å²) in [6.07, 6.45) is 3.44. The molecule has 0 bridgehead atoms. The van der Waals surface area contributed by atoms with E-state index in [0.717, 1.165) is 28.3 Å². The molecule has 0 aliphatic carbocycles. The van der Waals surface area contributed by atoms with Gasteiger partial charge in [0.25, 0.3) is 0 Å². The van der Waals surface area contributed by atoms with Gasteiger partial charge in [-0.15, -0.1) is 0 Å². The molecule has 7 heteroatoms. The lowest BCUT2D eigenvalue weighted by molar-refractivity contribution is -0.160. The van der Waals surface area contributed by atoms with Crippen LogP contribution in [0.4, 0.5) is 4.39 Å². The van der Waals surface area contributed by atoms with Crippen LogP contribution in [0.15, 0.2) is 48.8 Å². The molecule has 0 amide bonds. The molecular weight excluding hydrogens is 409 g/mol. The minimum Gasteiger partial charge on any atom is -0.462 e. The van der Waals surface area contributed by atoms with Gasteiger partial charge in [-0.2, -0.15) is 0 Å². The lowest BCUT2D eigenvalue weighted by atomic mass is 9.95. The van der Waals surface area contributed by atoms with Crippen molar-refractivity contribution in [2.45, 2.75) is 64.2 Å². The lowest BCUT2D eigenvalue weighted by Gasteiger charge is -2.27. The molecule has 2 aromatic heterocycles. The summed E-state index contributed by atoms with van der Waals surface area (Å²) in [5.74, 6) is 0.211. The van der Waals surface area contributed by atoms with Gasteiger partial charge in [-0.1, -0.05) is 20.8 Å². The number of nitrogens with zero attached hydrogens (tertiary/aromatic N) is 3. The first-order chi connectivity index (χ1) is 15.2. The molecule has 1 aromatic carbocycles. The molecule has 3 aromatic rings. The predicted molar refractivity (Wildman–Crippen MR) is 119 cm³/mol. The van der Waals surface area contributed by atoms with Crippen LogP contribution < -0.4 is 0 Å². The summed E-state index contributed by atoms with van der Waals surface area (Å²) < 4.78 is 21.3. The van der Waals surface area contributed by atoms with E-state index >= 15 is 0 Å². The molecule has 168 valence electrons. The highest BCUT2D eigenvalue weighted by Gasteiger charge is 2.30. The van der Waals surface area contributed by atoms with E-state index in [1.54, 1.807) is 24.5 Å². The molecule has 1 saturated heterocycles. The third kappa shape index (κ3) is 4.72. The number of cyclic esters (lactones) is 1. The number of carbonyl (C=O) groups excluding carboxylic acids is 1. The average molecular weight is 438 g/mol. The first-order valence-electron chi connectivity index (χ1n) is 10.9. The maximum atomic E-state index is 13.7. The maximum absolute atomic E-state index is 13.7. The van der Waals surface area contributed by atoms with Crippen LogP contribution in [-0.2, 0) is 21.5 Å². The van der Waals surface area contributed by atoms with Crippen LogP contribution in [0.1, 0.15) is 45.9 Å². The maximum Gasteiger partial charge on any atom is 0.308 e. The number of halogens is 1. The monoisotopic (exact) mass is 437 g/mol. The summed E-state index contributed by atoms with van der Waals surface area (Å²) >= 11 is 0. The number of ether oxygens (including phenoxy) is 1. The number of benzene rings is 1. The van der Waals surface area contributed by atoms with E-state index in [4.69, 9.17) is 9.72 Å². The van der Waals surface area contributed by atoms with E-state index < -0.39 is 6.10 Å². The van der Waals surface area contributed by atoms with E-state index in [1.807, 2.05) is 12.1 Å². The number of esters is 1. The number of hydrogen-bond acceptors (Lipinski definition) is 5. The van der Waals surface area contributed by atoms with Crippen LogP contribution in [-0.4, -0.2) is 37.8 Å². The van der Waals surface area contributed by atoms with Crippen molar-refractivity contribution in [2.24, 2.45) is 0 Å². The molecule has 6 nitrogen and oxygen atoms in total. The predicted octanol–water partition coefficient (Wildman–Crippen LogP) is 4.51. The molecule has 0 saturated carbocycles. The fraction of sp³-hybridized carbons (Fsp3) is 0.400. The van der Waals surface area contributed by atoms with Crippen molar-refractivity contribution in [2.75, 3.05) is 0 Å². The molecule has 1 aliphatic heterocycles. The van der Waals surface area contributed by atoms with Crippen LogP contribution in [0.3, 0.4) is 0 Å². The molecule has 2 atom stereocenters. The normalized spacial score (nSPS) is 19.1. The third-order valence-electron chi connectivity index (χ3n) is 5.62. The second kappa shape index (κ2) is 8.82. The van der Waals surface area contributed by atoms with Crippen molar-refractivity contribution < 1.29 is 19.0 Å². The van der Waals surface area contributed by atoms with E-state index in [0.29, 0.717) is 19.4 Å². The fourth-order valence-corrected chi connectivity index (χ4v) is 4.17. The standard InChI is InChI=1S/C25H28FN3O3/c1-25(2,3)24-28-22(16-8-11-27-12-9-16)23(17-4-6-18(26)7-5-17)29(24)13-10-20-14-19(30)15-21(31)32-20/h4-9,11-12,19-20,30H,10,13-15H2,1-3H3. The lowest BCUT2D eigenvalue weighted by Crippen LogP contribution is -2.33. The highest BCUT2D eigenvalue weighted by atomic mass is 19.1. The van der Waals surface area contributed by atoms with Crippen LogP contribution in [0.2, 0.25) is 0 Å². The van der Waals surface area contributed by atoms with Gasteiger partial charge in [0, 0.05) is 48.3 Å². The molecule has 2 unspecified atom stereocenters. The molecule has 1 aliphatic rings. The Kier molecular flexibility index (Phi) is 6.11. The third-order valence-corrected chi connectivity index (χ3v) is 5.62. The first-order valence-corrected chi connectivity index (χ1v) is 10.9. The summed E-state index contributed by atoms with van der Waals surface area (Å²) in [6, 6.07) is 10.2. The Balaban J connectivity index is 1.81. The smallest absolute Gasteiger partial charge is 0.308 e. The van der Waals surface area contributed by atoms with Gasteiger partial charge in [-0.3, -0.25) is 9.78 Å². The fourth-order valence-electron chi connectivity index (χ4n) is 4.17. The largest absolute Gasteiger partial charge is 0.462 e. The van der Waals surface area contributed by atoms with Gasteiger partial charge < -0.3 is 14.4 Å². The molecule has 4 rings (SSSR count). The molecule has 1 fully saturated rings. The van der Waals surface area contributed by atoms with Gasteiger partial charge in [0.2, 0.25) is 0 Å². The zero-order valence-electron chi connectivity index (χ0n) is 18.6. The molecule has 3 heterocycles. The van der Waals surface area contributed by atoms with Crippen LogP contribution >= 0.6 is 0 Å².